The number of aromatic nitrogens is 5. The summed E-state index contributed by atoms with van der Waals surface area (Å²) < 4.78 is 3.90. The lowest BCUT2D eigenvalue weighted by Gasteiger charge is -1.94. The Labute approximate surface area is 126 Å². The fourth-order valence-corrected chi connectivity index (χ4v) is 2.53. The van der Waals surface area contributed by atoms with Crippen LogP contribution in [0, 0.1) is 6.92 Å². The summed E-state index contributed by atoms with van der Waals surface area (Å²) in [6, 6.07) is 4.15. The van der Waals surface area contributed by atoms with E-state index in [0.717, 1.165) is 27.9 Å². The first kappa shape index (κ1) is 13.3. The van der Waals surface area contributed by atoms with Gasteiger partial charge in [-0.2, -0.15) is 9.61 Å². The van der Waals surface area contributed by atoms with Crippen molar-refractivity contribution in [2.45, 2.75) is 20.4 Å². The number of hydrogen-bond acceptors (Lipinski definition) is 4. The molecule has 0 radical (unpaired) electrons. The van der Waals surface area contributed by atoms with Crippen molar-refractivity contribution in [2.24, 2.45) is 0 Å². The Morgan fingerprint density at radius 1 is 1.28 bits per heavy atom. The predicted molar refractivity (Wildman–Crippen MR) is 64.7 cm³/mol. The number of nitrogens with zero attached hydrogens (tertiary/aromatic N) is 5. The average molecular weight is 373 g/mol. The summed E-state index contributed by atoms with van der Waals surface area (Å²) in [5.41, 5.74) is 1.12. The number of hydrogen-bond donors (Lipinski definition) is 0. The molecule has 0 saturated heterocycles. The lowest BCUT2D eigenvalue weighted by Crippen LogP contribution is -3.00. The first-order chi connectivity index (χ1) is 8.28. The second-order valence-corrected chi connectivity index (χ2v) is 4.72. The summed E-state index contributed by atoms with van der Waals surface area (Å²) in [7, 11) is 0. The summed E-state index contributed by atoms with van der Waals surface area (Å²) in [6.45, 7) is 5.00. The average Bonchev–Trinajstić information content (AvgIpc) is 2.92. The van der Waals surface area contributed by atoms with Gasteiger partial charge < -0.3 is 24.0 Å². The van der Waals surface area contributed by atoms with Gasteiger partial charge in [0.25, 0.3) is 0 Å². The van der Waals surface area contributed by atoms with Gasteiger partial charge in [0.1, 0.15) is 11.6 Å². The molecule has 5 nitrogen and oxygen atoms in total. The van der Waals surface area contributed by atoms with Crippen molar-refractivity contribution in [1.82, 2.24) is 19.8 Å². The maximum atomic E-state index is 4.50. The summed E-state index contributed by atoms with van der Waals surface area (Å²) in [5, 5.41) is 13.5. The molecule has 0 fully saturated rings. The lowest BCUT2D eigenvalue weighted by atomic mass is 10.3. The first-order valence-electron chi connectivity index (χ1n) is 5.46. The largest absolute Gasteiger partial charge is 1.00 e. The van der Waals surface area contributed by atoms with Crippen LogP contribution in [0.15, 0.2) is 24.5 Å². The van der Waals surface area contributed by atoms with Gasteiger partial charge >= 0.3 is 0 Å². The highest BCUT2D eigenvalue weighted by Crippen LogP contribution is 2.24. The highest BCUT2D eigenvalue weighted by Gasteiger charge is 2.11. The van der Waals surface area contributed by atoms with Crippen LogP contribution in [-0.4, -0.2) is 19.8 Å². The van der Waals surface area contributed by atoms with Gasteiger partial charge in [-0.25, -0.2) is 4.57 Å². The van der Waals surface area contributed by atoms with Crippen LogP contribution in [0.3, 0.4) is 0 Å². The van der Waals surface area contributed by atoms with Crippen LogP contribution in [0.4, 0.5) is 0 Å². The van der Waals surface area contributed by atoms with Crippen LogP contribution in [-0.2, 0) is 6.54 Å². The van der Waals surface area contributed by atoms with Crippen LogP contribution >= 0.6 is 11.3 Å². The minimum atomic E-state index is 0. The Balaban J connectivity index is 0.00000120. The van der Waals surface area contributed by atoms with E-state index in [0.29, 0.717) is 0 Å². The van der Waals surface area contributed by atoms with Crippen LogP contribution < -0.4 is 28.5 Å². The van der Waals surface area contributed by atoms with Gasteiger partial charge in [-0.3, -0.25) is 0 Å². The van der Waals surface area contributed by atoms with Gasteiger partial charge in [0.05, 0.1) is 0 Å². The van der Waals surface area contributed by atoms with E-state index >= 15 is 0 Å². The van der Waals surface area contributed by atoms with Crippen molar-refractivity contribution >= 4 is 16.3 Å². The predicted octanol–water partition coefficient (Wildman–Crippen LogP) is -1.53. The molecule has 3 aromatic rings. The van der Waals surface area contributed by atoms with Crippen molar-refractivity contribution in [3.63, 3.8) is 0 Å². The molecule has 3 heterocycles. The smallest absolute Gasteiger partial charge is 0.234 e. The summed E-state index contributed by atoms with van der Waals surface area (Å²) in [5.74, 6) is 0.821. The summed E-state index contributed by atoms with van der Waals surface area (Å²) in [4.78, 5) is 0.838. The van der Waals surface area contributed by atoms with E-state index in [9.17, 15) is 0 Å². The molecule has 3 rings (SSSR count). The maximum Gasteiger partial charge on any atom is 0.234 e. The van der Waals surface area contributed by atoms with Crippen molar-refractivity contribution in [1.29, 1.82) is 0 Å². The van der Waals surface area contributed by atoms with Crippen molar-refractivity contribution < 1.29 is 28.5 Å². The number of halogens is 1. The Morgan fingerprint density at radius 2 is 2.00 bits per heavy atom. The van der Waals surface area contributed by atoms with Gasteiger partial charge in [-0.05, 0) is 13.8 Å². The normalized spacial score (nSPS) is 10.6. The van der Waals surface area contributed by atoms with E-state index in [1.54, 1.807) is 15.9 Å². The standard InChI is InChI=1S/C11H12N5S.HI/c1-3-15-6-4-9(5-7-15)10-14-16-8(2)12-13-11(16)17-10;/h4-7H,3H2,1-2H3;1H/q+1;/p-1. The highest BCUT2D eigenvalue weighted by atomic mass is 127. The monoisotopic (exact) mass is 373 g/mol. The molecule has 0 aliphatic heterocycles. The molecule has 0 saturated carbocycles. The van der Waals surface area contributed by atoms with Crippen LogP contribution in [0.5, 0.6) is 0 Å². The summed E-state index contributed by atoms with van der Waals surface area (Å²) >= 11 is 1.55. The van der Waals surface area contributed by atoms with E-state index in [2.05, 4.69) is 51.3 Å². The second kappa shape index (κ2) is 5.27. The molecule has 0 amide bonds. The molecule has 0 aliphatic rings. The maximum absolute atomic E-state index is 4.50. The molecule has 0 N–H and O–H groups in total. The van der Waals surface area contributed by atoms with Gasteiger partial charge in [-0.15, -0.1) is 10.2 Å². The van der Waals surface area contributed by atoms with Crippen LogP contribution in [0.25, 0.3) is 15.5 Å². The first-order valence-corrected chi connectivity index (χ1v) is 6.28. The van der Waals surface area contributed by atoms with Gasteiger partial charge in [0.15, 0.2) is 18.2 Å². The van der Waals surface area contributed by atoms with Crippen molar-refractivity contribution in [3.05, 3.63) is 30.4 Å². The third kappa shape index (κ3) is 2.24. The molecule has 94 valence electrons. The fourth-order valence-electron chi connectivity index (χ4n) is 1.64. The SMILES string of the molecule is CC[n+]1ccc(-c2nn3c(C)nnc3s2)cc1.[I-]. The number of fused-ring (bicyclic) bond motifs is 1. The Hall–Kier alpha value is -1.09. The number of pyridine rings is 1. The zero-order valence-corrected chi connectivity index (χ0v) is 13.0. The van der Waals surface area contributed by atoms with Crippen molar-refractivity contribution in [2.75, 3.05) is 0 Å². The Kier molecular flexibility index (Phi) is 3.91. The van der Waals surface area contributed by atoms with Crippen LogP contribution in [0.1, 0.15) is 12.7 Å². The van der Waals surface area contributed by atoms with Gasteiger partial charge in [0, 0.05) is 17.7 Å². The minimum absolute atomic E-state index is 0. The highest BCUT2D eigenvalue weighted by molar-refractivity contribution is 7.19. The topological polar surface area (TPSA) is 47.0 Å². The van der Waals surface area contributed by atoms with E-state index in [4.69, 9.17) is 0 Å². The summed E-state index contributed by atoms with van der Waals surface area (Å²) in [6.07, 6.45) is 4.12. The second-order valence-electron chi connectivity index (χ2n) is 3.77. The number of aryl methyl sites for hydroxylation is 2. The lowest BCUT2D eigenvalue weighted by molar-refractivity contribution is -0.693. The molecule has 0 aromatic carbocycles. The molecule has 7 heteroatoms. The molecular weight excluding hydrogens is 361 g/mol. The molecular formula is C11H12IN5S. The Bertz CT molecular complexity index is 658. The zero-order valence-electron chi connectivity index (χ0n) is 10.0. The van der Waals surface area contributed by atoms with E-state index in [1.807, 2.05) is 6.92 Å². The number of rotatable bonds is 2. The van der Waals surface area contributed by atoms with Crippen LogP contribution in [0.2, 0.25) is 0 Å². The zero-order chi connectivity index (χ0) is 11.8. The van der Waals surface area contributed by atoms with Gasteiger partial charge in [-0.1, -0.05) is 11.3 Å². The fraction of sp³-hybridized carbons (Fsp3) is 0.273. The molecule has 0 aliphatic carbocycles. The molecule has 0 unspecified atom stereocenters. The Morgan fingerprint density at radius 3 is 2.61 bits per heavy atom. The quantitative estimate of drug-likeness (QED) is 0.405. The molecule has 0 atom stereocenters. The van der Waals surface area contributed by atoms with Gasteiger partial charge in [0.2, 0.25) is 4.96 Å². The third-order valence-corrected chi connectivity index (χ3v) is 3.60. The molecule has 3 aromatic heterocycles. The van der Waals surface area contributed by atoms with E-state index < -0.39 is 0 Å². The third-order valence-electron chi connectivity index (χ3n) is 2.65. The van der Waals surface area contributed by atoms with Crippen molar-refractivity contribution in [3.8, 4) is 10.6 Å². The van der Waals surface area contributed by atoms with E-state index in [-0.39, 0.29) is 24.0 Å². The molecule has 0 spiro atoms. The minimum Gasteiger partial charge on any atom is -1.00 e. The van der Waals surface area contributed by atoms with E-state index in [1.165, 1.54) is 0 Å². The molecule has 0 bridgehead atoms. The molecule has 18 heavy (non-hydrogen) atoms.